The van der Waals surface area contributed by atoms with Gasteiger partial charge >= 0.3 is 0 Å². The number of sulfonamides is 1. The molecule has 0 unspecified atom stereocenters. The summed E-state index contributed by atoms with van der Waals surface area (Å²) >= 11 is 3.36. The number of hydrogen-bond acceptors (Lipinski definition) is 4. The summed E-state index contributed by atoms with van der Waals surface area (Å²) in [7, 11) is -3.62. The van der Waals surface area contributed by atoms with Crippen LogP contribution in [-0.4, -0.2) is 34.0 Å². The number of carbonyl (C=O) groups excluding carboxylic acids is 1. The normalized spacial score (nSPS) is 11.2. The molecule has 0 radical (unpaired) electrons. The second-order valence-corrected chi connectivity index (χ2v) is 8.73. The number of benzene rings is 2. The van der Waals surface area contributed by atoms with E-state index in [0.717, 1.165) is 15.6 Å². The van der Waals surface area contributed by atoms with Crippen molar-refractivity contribution in [1.29, 1.82) is 0 Å². The number of aryl methyl sites for hydroxylation is 2. The molecule has 0 bridgehead atoms. The molecule has 0 saturated carbocycles. The quantitative estimate of drug-likeness (QED) is 0.570. The molecule has 0 aliphatic carbocycles. The standard InChI is InChI=1S/C19H23BrN2O4S/c1-14-6-7-18(12-15(14)2)27(24,25)22-9-8-19(23)21-10-11-26-17-5-3-4-16(20)13-17/h3-7,12-13,22H,8-11H2,1-2H3,(H,21,23). The third-order valence-corrected chi connectivity index (χ3v) is 5.87. The largest absolute Gasteiger partial charge is 0.492 e. The molecule has 2 aromatic carbocycles. The van der Waals surface area contributed by atoms with Crippen LogP contribution in [0.4, 0.5) is 0 Å². The Morgan fingerprint density at radius 1 is 1.07 bits per heavy atom. The maximum atomic E-state index is 12.3. The molecule has 0 saturated heterocycles. The molecule has 0 spiro atoms. The molecular weight excluding hydrogens is 432 g/mol. The number of rotatable bonds is 9. The van der Waals surface area contributed by atoms with E-state index in [1.165, 1.54) is 0 Å². The number of ether oxygens (including phenoxy) is 1. The summed E-state index contributed by atoms with van der Waals surface area (Å²) in [6, 6.07) is 12.4. The predicted octanol–water partition coefficient (Wildman–Crippen LogP) is 2.93. The molecule has 6 nitrogen and oxygen atoms in total. The highest BCUT2D eigenvalue weighted by Gasteiger charge is 2.14. The van der Waals surface area contributed by atoms with Gasteiger partial charge in [-0.3, -0.25) is 4.79 Å². The van der Waals surface area contributed by atoms with Crippen molar-refractivity contribution < 1.29 is 17.9 Å². The molecular formula is C19H23BrN2O4S. The van der Waals surface area contributed by atoms with Crippen LogP contribution in [0, 0.1) is 13.8 Å². The molecule has 0 aliphatic rings. The van der Waals surface area contributed by atoms with Gasteiger partial charge in [0.05, 0.1) is 11.4 Å². The Hall–Kier alpha value is -1.90. The maximum Gasteiger partial charge on any atom is 0.240 e. The fourth-order valence-electron chi connectivity index (χ4n) is 2.27. The summed E-state index contributed by atoms with van der Waals surface area (Å²) < 4.78 is 33.4. The molecule has 0 aromatic heterocycles. The van der Waals surface area contributed by atoms with Crippen LogP contribution in [0.25, 0.3) is 0 Å². The minimum atomic E-state index is -3.62. The number of nitrogens with one attached hydrogen (secondary N) is 2. The Kier molecular flexibility index (Phi) is 7.82. The van der Waals surface area contributed by atoms with E-state index in [-0.39, 0.29) is 23.8 Å². The van der Waals surface area contributed by atoms with Crippen molar-refractivity contribution in [1.82, 2.24) is 10.0 Å². The van der Waals surface area contributed by atoms with Gasteiger partial charge in [-0.15, -0.1) is 0 Å². The first-order valence-corrected chi connectivity index (χ1v) is 10.8. The molecule has 0 heterocycles. The Morgan fingerprint density at radius 3 is 2.56 bits per heavy atom. The van der Waals surface area contributed by atoms with Crippen molar-refractivity contribution in [2.24, 2.45) is 0 Å². The zero-order valence-electron chi connectivity index (χ0n) is 15.3. The van der Waals surface area contributed by atoms with Crippen molar-refractivity contribution in [3.8, 4) is 5.75 Å². The van der Waals surface area contributed by atoms with Crippen molar-refractivity contribution in [2.45, 2.75) is 25.2 Å². The van der Waals surface area contributed by atoms with Crippen LogP contribution in [0.5, 0.6) is 5.75 Å². The van der Waals surface area contributed by atoms with Gasteiger partial charge in [0.2, 0.25) is 15.9 Å². The third kappa shape index (κ3) is 6.97. The van der Waals surface area contributed by atoms with Crippen LogP contribution >= 0.6 is 15.9 Å². The second kappa shape index (κ2) is 9.87. The van der Waals surface area contributed by atoms with Gasteiger partial charge in [-0.25, -0.2) is 13.1 Å². The van der Waals surface area contributed by atoms with Gasteiger partial charge in [0.15, 0.2) is 0 Å². The Bertz CT molecular complexity index is 900. The van der Waals surface area contributed by atoms with Crippen molar-refractivity contribution in [2.75, 3.05) is 19.7 Å². The summed E-state index contributed by atoms with van der Waals surface area (Å²) in [6.07, 6.45) is 0.0565. The smallest absolute Gasteiger partial charge is 0.240 e. The van der Waals surface area contributed by atoms with Crippen LogP contribution in [0.3, 0.4) is 0 Å². The van der Waals surface area contributed by atoms with Crippen LogP contribution in [0.1, 0.15) is 17.5 Å². The summed E-state index contributed by atoms with van der Waals surface area (Å²) in [6.45, 7) is 4.49. The van der Waals surface area contributed by atoms with Gasteiger partial charge in [0.25, 0.3) is 0 Å². The summed E-state index contributed by atoms with van der Waals surface area (Å²) in [4.78, 5) is 12.0. The zero-order valence-corrected chi connectivity index (χ0v) is 17.7. The summed E-state index contributed by atoms with van der Waals surface area (Å²) in [5, 5.41) is 2.70. The van der Waals surface area contributed by atoms with Gasteiger partial charge in [-0.1, -0.05) is 28.1 Å². The number of carbonyl (C=O) groups is 1. The average Bonchev–Trinajstić information content (AvgIpc) is 2.61. The monoisotopic (exact) mass is 454 g/mol. The van der Waals surface area contributed by atoms with Crippen LogP contribution in [0.2, 0.25) is 0 Å². The van der Waals surface area contributed by atoms with E-state index in [1.807, 2.05) is 38.1 Å². The first-order chi connectivity index (χ1) is 12.8. The first-order valence-electron chi connectivity index (χ1n) is 8.50. The molecule has 2 N–H and O–H groups in total. The predicted molar refractivity (Wildman–Crippen MR) is 108 cm³/mol. The molecule has 146 valence electrons. The van der Waals surface area contributed by atoms with Crippen molar-refractivity contribution >= 4 is 31.9 Å². The molecule has 2 rings (SSSR count). The van der Waals surface area contributed by atoms with E-state index in [9.17, 15) is 13.2 Å². The molecule has 0 atom stereocenters. The molecule has 8 heteroatoms. The molecule has 27 heavy (non-hydrogen) atoms. The second-order valence-electron chi connectivity index (χ2n) is 6.05. The Morgan fingerprint density at radius 2 is 1.85 bits per heavy atom. The molecule has 2 aromatic rings. The highest BCUT2D eigenvalue weighted by atomic mass is 79.9. The van der Waals surface area contributed by atoms with E-state index < -0.39 is 10.0 Å². The lowest BCUT2D eigenvalue weighted by Crippen LogP contribution is -2.32. The van der Waals surface area contributed by atoms with E-state index in [4.69, 9.17) is 4.74 Å². The van der Waals surface area contributed by atoms with Crippen molar-refractivity contribution in [3.05, 3.63) is 58.1 Å². The SMILES string of the molecule is Cc1ccc(S(=O)(=O)NCCC(=O)NCCOc2cccc(Br)c2)cc1C. The van der Waals surface area contributed by atoms with E-state index in [2.05, 4.69) is 26.0 Å². The topological polar surface area (TPSA) is 84.5 Å². The fraction of sp³-hybridized carbons (Fsp3) is 0.316. The van der Waals surface area contributed by atoms with Gasteiger partial charge < -0.3 is 10.1 Å². The lowest BCUT2D eigenvalue weighted by molar-refractivity contribution is -0.121. The fourth-order valence-corrected chi connectivity index (χ4v) is 3.76. The van der Waals surface area contributed by atoms with Gasteiger partial charge in [0, 0.05) is 17.4 Å². The lowest BCUT2D eigenvalue weighted by Gasteiger charge is -2.10. The van der Waals surface area contributed by atoms with E-state index >= 15 is 0 Å². The van der Waals surface area contributed by atoms with E-state index in [1.54, 1.807) is 18.2 Å². The number of halogens is 1. The summed E-state index contributed by atoms with van der Waals surface area (Å²) in [5.41, 5.74) is 1.93. The first kappa shape index (κ1) is 21.4. The Labute approximate surface area is 168 Å². The van der Waals surface area contributed by atoms with E-state index in [0.29, 0.717) is 18.9 Å². The Balaban J connectivity index is 1.70. The minimum absolute atomic E-state index is 0.0353. The summed E-state index contributed by atoms with van der Waals surface area (Å²) in [5.74, 6) is 0.468. The minimum Gasteiger partial charge on any atom is -0.492 e. The molecule has 1 amide bonds. The highest BCUT2D eigenvalue weighted by Crippen LogP contribution is 2.17. The maximum absolute atomic E-state index is 12.3. The lowest BCUT2D eigenvalue weighted by atomic mass is 10.1. The van der Waals surface area contributed by atoms with Crippen LogP contribution in [-0.2, 0) is 14.8 Å². The number of hydrogen-bond donors (Lipinski definition) is 2. The van der Waals surface area contributed by atoms with Gasteiger partial charge in [-0.05, 0) is 55.3 Å². The van der Waals surface area contributed by atoms with Gasteiger partial charge in [0.1, 0.15) is 12.4 Å². The van der Waals surface area contributed by atoms with Crippen LogP contribution < -0.4 is 14.8 Å². The van der Waals surface area contributed by atoms with Crippen molar-refractivity contribution in [3.63, 3.8) is 0 Å². The highest BCUT2D eigenvalue weighted by molar-refractivity contribution is 9.10. The third-order valence-electron chi connectivity index (χ3n) is 3.92. The molecule has 0 aliphatic heterocycles. The average molecular weight is 455 g/mol. The van der Waals surface area contributed by atoms with Crippen LogP contribution in [0.15, 0.2) is 51.8 Å². The number of amides is 1. The molecule has 0 fully saturated rings. The zero-order chi connectivity index (χ0) is 19.9. The van der Waals surface area contributed by atoms with Gasteiger partial charge in [-0.2, -0.15) is 0 Å².